The number of aliphatic hydroxyl groups excluding tert-OH is 1. The average molecular weight is 349 g/mol. The Labute approximate surface area is 140 Å². The summed E-state index contributed by atoms with van der Waals surface area (Å²) in [6.07, 6.45) is 0. The number of carbonyl (C=O) groups is 1. The van der Waals surface area contributed by atoms with Crippen LogP contribution < -0.4 is 5.32 Å². The van der Waals surface area contributed by atoms with E-state index >= 15 is 0 Å². The van der Waals surface area contributed by atoms with Crippen molar-refractivity contribution in [2.45, 2.75) is 17.2 Å². The highest BCUT2D eigenvalue weighted by Crippen LogP contribution is 2.25. The Kier molecular flexibility index (Phi) is 4.89. The van der Waals surface area contributed by atoms with Crippen molar-refractivity contribution in [1.29, 1.82) is 0 Å². The maximum Gasteiger partial charge on any atom is 0.233 e. The van der Waals surface area contributed by atoms with Gasteiger partial charge >= 0.3 is 0 Å². The summed E-state index contributed by atoms with van der Waals surface area (Å²) in [4.78, 5) is 12.9. The highest BCUT2D eigenvalue weighted by atomic mass is 32.2. The van der Waals surface area contributed by atoms with E-state index in [9.17, 15) is 4.79 Å². The lowest BCUT2D eigenvalue weighted by molar-refractivity contribution is -0.120. The van der Waals surface area contributed by atoms with Crippen LogP contribution in [-0.2, 0) is 4.79 Å². The van der Waals surface area contributed by atoms with Gasteiger partial charge in [-0.1, -0.05) is 17.8 Å². The van der Waals surface area contributed by atoms with Crippen molar-refractivity contribution in [3.05, 3.63) is 29.6 Å². The molecule has 0 aliphatic carbocycles. The molecule has 3 aromatic heterocycles. The smallest absolute Gasteiger partial charge is 0.233 e. The first-order valence-corrected chi connectivity index (χ1v) is 8.76. The number of hydrogen-bond acceptors (Lipinski definition) is 7. The molecule has 0 aliphatic rings. The number of thioether (sulfide) groups is 1. The van der Waals surface area contributed by atoms with Crippen LogP contribution in [0.15, 0.2) is 34.7 Å². The molecule has 120 valence electrons. The fourth-order valence-corrected chi connectivity index (χ4v) is 3.47. The molecule has 2 N–H and O–H groups in total. The molecule has 0 saturated heterocycles. The van der Waals surface area contributed by atoms with Gasteiger partial charge in [0.2, 0.25) is 5.91 Å². The fourth-order valence-electron chi connectivity index (χ4n) is 1.95. The SMILES string of the molecule is C[C@@H](Sc1ccc2nnc(-c3cccs3)n2n1)C(=O)NCCO. The molecule has 0 fully saturated rings. The summed E-state index contributed by atoms with van der Waals surface area (Å²) in [5.41, 5.74) is 0.662. The monoisotopic (exact) mass is 349 g/mol. The van der Waals surface area contributed by atoms with Crippen molar-refractivity contribution in [1.82, 2.24) is 25.1 Å². The maximum atomic E-state index is 11.9. The third kappa shape index (κ3) is 3.52. The lowest BCUT2D eigenvalue weighted by atomic mass is 10.4. The molecular formula is C14H15N5O2S2. The van der Waals surface area contributed by atoms with E-state index < -0.39 is 0 Å². The second-order valence-corrected chi connectivity index (χ2v) is 7.03. The van der Waals surface area contributed by atoms with Crippen LogP contribution in [0.4, 0.5) is 0 Å². The van der Waals surface area contributed by atoms with Crippen LogP contribution in [0.2, 0.25) is 0 Å². The lowest BCUT2D eigenvalue weighted by Crippen LogP contribution is -2.33. The Morgan fingerprint density at radius 3 is 3.04 bits per heavy atom. The van der Waals surface area contributed by atoms with Gasteiger partial charge in [-0.15, -0.1) is 21.5 Å². The molecule has 1 amide bonds. The molecule has 3 heterocycles. The molecule has 7 nitrogen and oxygen atoms in total. The first-order chi connectivity index (χ1) is 11.2. The van der Waals surface area contributed by atoms with Gasteiger partial charge in [0.15, 0.2) is 11.5 Å². The number of carbonyl (C=O) groups excluding carboxylic acids is 1. The zero-order valence-corrected chi connectivity index (χ0v) is 14.0. The minimum Gasteiger partial charge on any atom is -0.395 e. The van der Waals surface area contributed by atoms with E-state index in [1.54, 1.807) is 22.8 Å². The fraction of sp³-hybridized carbons (Fsp3) is 0.286. The van der Waals surface area contributed by atoms with E-state index in [0.29, 0.717) is 16.5 Å². The molecule has 0 spiro atoms. The van der Waals surface area contributed by atoms with Gasteiger partial charge in [-0.3, -0.25) is 4.79 Å². The molecule has 0 radical (unpaired) electrons. The number of aliphatic hydroxyl groups is 1. The molecule has 0 bridgehead atoms. The number of fused-ring (bicyclic) bond motifs is 1. The Hall–Kier alpha value is -1.97. The van der Waals surface area contributed by atoms with Crippen LogP contribution in [0, 0.1) is 0 Å². The molecule has 9 heteroatoms. The normalized spacial score (nSPS) is 12.4. The van der Waals surface area contributed by atoms with Crippen molar-refractivity contribution in [3.8, 4) is 10.7 Å². The highest BCUT2D eigenvalue weighted by Gasteiger charge is 2.16. The average Bonchev–Trinajstić information content (AvgIpc) is 3.20. The summed E-state index contributed by atoms with van der Waals surface area (Å²) in [5, 5.41) is 26.6. The number of hydrogen-bond donors (Lipinski definition) is 2. The zero-order valence-electron chi connectivity index (χ0n) is 12.3. The standard InChI is InChI=1S/C14H15N5O2S2/c1-9(14(21)15-6-7-20)23-12-5-4-11-16-17-13(19(11)18-12)10-3-2-8-22-10/h2-5,8-9,20H,6-7H2,1H3,(H,15,21)/t9-/m1/s1. The second kappa shape index (κ2) is 7.07. The van der Waals surface area contributed by atoms with Crippen LogP contribution >= 0.6 is 23.1 Å². The van der Waals surface area contributed by atoms with E-state index in [2.05, 4.69) is 20.6 Å². The van der Waals surface area contributed by atoms with Gasteiger partial charge in [0.05, 0.1) is 16.7 Å². The van der Waals surface area contributed by atoms with Crippen molar-refractivity contribution in [2.24, 2.45) is 0 Å². The van der Waals surface area contributed by atoms with Crippen LogP contribution in [0.1, 0.15) is 6.92 Å². The van der Waals surface area contributed by atoms with Gasteiger partial charge in [-0.25, -0.2) is 0 Å². The van der Waals surface area contributed by atoms with Gasteiger partial charge in [0.25, 0.3) is 0 Å². The quantitative estimate of drug-likeness (QED) is 0.654. The largest absolute Gasteiger partial charge is 0.395 e. The van der Waals surface area contributed by atoms with Crippen LogP contribution in [-0.4, -0.2) is 49.2 Å². The Morgan fingerprint density at radius 1 is 1.43 bits per heavy atom. The Balaban J connectivity index is 1.82. The summed E-state index contributed by atoms with van der Waals surface area (Å²) < 4.78 is 1.69. The van der Waals surface area contributed by atoms with Gasteiger partial charge in [0, 0.05) is 6.54 Å². The van der Waals surface area contributed by atoms with Crippen LogP contribution in [0.25, 0.3) is 16.3 Å². The molecule has 0 aliphatic heterocycles. The van der Waals surface area contributed by atoms with Gasteiger partial charge in [-0.2, -0.15) is 9.61 Å². The zero-order chi connectivity index (χ0) is 16.2. The predicted octanol–water partition coefficient (Wildman–Crippen LogP) is 1.44. The van der Waals surface area contributed by atoms with Gasteiger partial charge < -0.3 is 10.4 Å². The van der Waals surface area contributed by atoms with Crippen molar-refractivity contribution in [3.63, 3.8) is 0 Å². The van der Waals surface area contributed by atoms with Gasteiger partial charge in [-0.05, 0) is 30.5 Å². The number of amides is 1. The maximum absolute atomic E-state index is 11.9. The Morgan fingerprint density at radius 2 is 2.30 bits per heavy atom. The molecule has 0 aromatic carbocycles. The Bertz CT molecular complexity index is 803. The van der Waals surface area contributed by atoms with Crippen molar-refractivity contribution < 1.29 is 9.90 Å². The van der Waals surface area contributed by atoms with E-state index in [1.165, 1.54) is 11.8 Å². The summed E-state index contributed by atoms with van der Waals surface area (Å²) in [7, 11) is 0. The summed E-state index contributed by atoms with van der Waals surface area (Å²) in [6.45, 7) is 1.98. The summed E-state index contributed by atoms with van der Waals surface area (Å²) in [6, 6.07) is 7.57. The first kappa shape index (κ1) is 15.9. The molecule has 0 saturated carbocycles. The minimum atomic E-state index is -0.312. The molecular weight excluding hydrogens is 334 g/mol. The number of thiophene rings is 1. The number of rotatable bonds is 6. The highest BCUT2D eigenvalue weighted by molar-refractivity contribution is 8.00. The predicted molar refractivity (Wildman–Crippen MR) is 89.5 cm³/mol. The molecule has 3 rings (SSSR count). The van der Waals surface area contributed by atoms with E-state index in [0.717, 1.165) is 4.88 Å². The number of nitrogens with one attached hydrogen (secondary N) is 1. The van der Waals surface area contributed by atoms with E-state index in [4.69, 9.17) is 5.11 Å². The van der Waals surface area contributed by atoms with Crippen LogP contribution in [0.5, 0.6) is 0 Å². The number of aromatic nitrogens is 4. The minimum absolute atomic E-state index is 0.0712. The molecule has 1 atom stereocenters. The molecule has 23 heavy (non-hydrogen) atoms. The molecule has 0 unspecified atom stereocenters. The summed E-state index contributed by atoms with van der Waals surface area (Å²) in [5.74, 6) is 0.558. The van der Waals surface area contributed by atoms with E-state index in [-0.39, 0.29) is 24.3 Å². The second-order valence-electron chi connectivity index (χ2n) is 4.72. The first-order valence-electron chi connectivity index (χ1n) is 7.00. The topological polar surface area (TPSA) is 92.4 Å². The van der Waals surface area contributed by atoms with Gasteiger partial charge in [0.1, 0.15) is 5.03 Å². The third-order valence-corrected chi connectivity index (χ3v) is 4.95. The third-order valence-electron chi connectivity index (χ3n) is 3.06. The molecule has 3 aromatic rings. The van der Waals surface area contributed by atoms with Crippen LogP contribution in [0.3, 0.4) is 0 Å². The van der Waals surface area contributed by atoms with E-state index in [1.807, 2.05) is 29.6 Å². The van der Waals surface area contributed by atoms with Crippen molar-refractivity contribution in [2.75, 3.05) is 13.2 Å². The lowest BCUT2D eigenvalue weighted by Gasteiger charge is -2.10. The number of nitrogens with zero attached hydrogens (tertiary/aromatic N) is 4. The van der Waals surface area contributed by atoms with Crippen molar-refractivity contribution >= 4 is 34.7 Å². The summed E-state index contributed by atoms with van der Waals surface area (Å²) >= 11 is 2.92.